The Kier molecular flexibility index (Phi) is 2.23. The minimum absolute atomic E-state index is 0.781. The molecule has 0 fully saturated rings. The van der Waals surface area contributed by atoms with Crippen LogP contribution in [0.25, 0.3) is 11.0 Å². The molecule has 0 N–H and O–H groups in total. The molecule has 0 aliphatic carbocycles. The molecule has 2 heterocycles. The first kappa shape index (κ1) is 9.52. The van der Waals surface area contributed by atoms with Gasteiger partial charge in [0.1, 0.15) is 11.4 Å². The second kappa shape index (κ2) is 3.28. The van der Waals surface area contributed by atoms with Gasteiger partial charge in [0.15, 0.2) is 0 Å². The van der Waals surface area contributed by atoms with Gasteiger partial charge in [-0.25, -0.2) is 4.98 Å². The lowest BCUT2D eigenvalue weighted by molar-refractivity contribution is 0.413. The van der Waals surface area contributed by atoms with E-state index in [0.717, 1.165) is 21.3 Å². The Morgan fingerprint density at radius 1 is 1.50 bits per heavy atom. The first-order chi connectivity index (χ1) is 6.65. The third-order valence-corrected chi connectivity index (χ3v) is 3.45. The summed E-state index contributed by atoms with van der Waals surface area (Å²) in [6, 6.07) is 1.99. The van der Waals surface area contributed by atoms with Gasteiger partial charge in [-0.15, -0.1) is 0 Å². The van der Waals surface area contributed by atoms with Crippen molar-refractivity contribution in [2.24, 2.45) is 7.05 Å². The molecule has 0 unspecified atom stereocenters. The lowest BCUT2D eigenvalue weighted by Crippen LogP contribution is -1.92. The van der Waals surface area contributed by atoms with Gasteiger partial charge < -0.3 is 9.30 Å². The van der Waals surface area contributed by atoms with Crippen LogP contribution in [0.2, 0.25) is 0 Å². The standard InChI is InChI=1S/C10H11BrN2O/c1-6-9(11)8-4-7(14-3)5-12-10(8)13(6)2/h4-5H,1-3H3. The third kappa shape index (κ3) is 1.21. The maximum absolute atomic E-state index is 5.13. The van der Waals surface area contributed by atoms with Crippen molar-refractivity contribution in [2.45, 2.75) is 6.92 Å². The molecule has 0 aliphatic heterocycles. The van der Waals surface area contributed by atoms with Crippen molar-refractivity contribution in [3.8, 4) is 5.75 Å². The van der Waals surface area contributed by atoms with Crippen molar-refractivity contribution in [3.63, 3.8) is 0 Å². The number of fused-ring (bicyclic) bond motifs is 1. The van der Waals surface area contributed by atoms with Crippen LogP contribution in [0.1, 0.15) is 5.69 Å². The van der Waals surface area contributed by atoms with E-state index in [1.807, 2.05) is 13.1 Å². The Labute approximate surface area is 90.8 Å². The number of aryl methyl sites for hydroxylation is 1. The maximum Gasteiger partial charge on any atom is 0.141 e. The molecular weight excluding hydrogens is 244 g/mol. The van der Waals surface area contributed by atoms with Gasteiger partial charge in [-0.1, -0.05) is 0 Å². The summed E-state index contributed by atoms with van der Waals surface area (Å²) in [5, 5.41) is 1.09. The number of ether oxygens (including phenoxy) is 1. The van der Waals surface area contributed by atoms with Gasteiger partial charge in [0.25, 0.3) is 0 Å². The number of aromatic nitrogens is 2. The van der Waals surface area contributed by atoms with Crippen molar-refractivity contribution in [2.75, 3.05) is 7.11 Å². The highest BCUT2D eigenvalue weighted by Crippen LogP contribution is 2.30. The summed E-state index contributed by atoms with van der Waals surface area (Å²) < 4.78 is 8.27. The molecule has 0 aromatic carbocycles. The van der Waals surface area contributed by atoms with Crippen molar-refractivity contribution < 1.29 is 4.74 Å². The average molecular weight is 255 g/mol. The molecular formula is C10H11BrN2O. The molecule has 3 nitrogen and oxygen atoms in total. The summed E-state index contributed by atoms with van der Waals surface area (Å²) >= 11 is 3.55. The van der Waals surface area contributed by atoms with Crippen LogP contribution in [0.3, 0.4) is 0 Å². The highest BCUT2D eigenvalue weighted by atomic mass is 79.9. The van der Waals surface area contributed by atoms with Crippen LogP contribution in [0.4, 0.5) is 0 Å². The van der Waals surface area contributed by atoms with E-state index in [9.17, 15) is 0 Å². The van der Waals surface area contributed by atoms with Gasteiger partial charge in [0.05, 0.1) is 13.3 Å². The van der Waals surface area contributed by atoms with E-state index in [0.29, 0.717) is 0 Å². The summed E-state index contributed by atoms with van der Waals surface area (Å²) in [4.78, 5) is 4.34. The summed E-state index contributed by atoms with van der Waals surface area (Å²) in [6.45, 7) is 2.05. The molecule has 0 spiro atoms. The Balaban J connectivity index is 2.82. The molecule has 74 valence electrons. The number of hydrogen-bond acceptors (Lipinski definition) is 2. The molecule has 4 heteroatoms. The second-order valence-electron chi connectivity index (χ2n) is 3.20. The van der Waals surface area contributed by atoms with Crippen LogP contribution in [0.15, 0.2) is 16.7 Å². The Morgan fingerprint density at radius 2 is 2.21 bits per heavy atom. The number of nitrogens with zero attached hydrogens (tertiary/aromatic N) is 2. The molecule has 0 radical (unpaired) electrons. The number of halogens is 1. The number of hydrogen-bond donors (Lipinski definition) is 0. The quantitative estimate of drug-likeness (QED) is 0.783. The van der Waals surface area contributed by atoms with Gasteiger partial charge in [-0.05, 0) is 28.9 Å². The number of rotatable bonds is 1. The Morgan fingerprint density at radius 3 is 2.86 bits per heavy atom. The van der Waals surface area contributed by atoms with E-state index in [4.69, 9.17) is 4.74 Å². The van der Waals surface area contributed by atoms with E-state index in [-0.39, 0.29) is 0 Å². The SMILES string of the molecule is COc1cnc2c(c1)c(Br)c(C)n2C. The molecule has 14 heavy (non-hydrogen) atoms. The van der Waals surface area contributed by atoms with Gasteiger partial charge in [-0.3, -0.25) is 0 Å². The summed E-state index contributed by atoms with van der Waals surface area (Å²) in [7, 11) is 3.65. The van der Waals surface area contributed by atoms with Crippen LogP contribution < -0.4 is 4.74 Å². The predicted octanol–water partition coefficient (Wildman–Crippen LogP) is 2.65. The fourth-order valence-corrected chi connectivity index (χ4v) is 2.04. The minimum atomic E-state index is 0.781. The highest BCUT2D eigenvalue weighted by molar-refractivity contribution is 9.10. The predicted molar refractivity (Wildman–Crippen MR) is 59.7 cm³/mol. The highest BCUT2D eigenvalue weighted by Gasteiger charge is 2.10. The lowest BCUT2D eigenvalue weighted by atomic mass is 10.3. The molecule has 0 amide bonds. The van der Waals surface area contributed by atoms with Crippen LogP contribution in [-0.2, 0) is 7.05 Å². The summed E-state index contributed by atoms with van der Waals surface area (Å²) in [5.41, 5.74) is 2.14. The Bertz CT molecular complexity index is 490. The molecule has 0 saturated heterocycles. The zero-order valence-corrected chi connectivity index (χ0v) is 9.92. The van der Waals surface area contributed by atoms with Gasteiger partial charge in [0.2, 0.25) is 0 Å². The van der Waals surface area contributed by atoms with E-state index in [1.165, 1.54) is 5.69 Å². The monoisotopic (exact) mass is 254 g/mol. The zero-order chi connectivity index (χ0) is 10.3. The van der Waals surface area contributed by atoms with Crippen LogP contribution in [0, 0.1) is 6.92 Å². The smallest absolute Gasteiger partial charge is 0.141 e. The van der Waals surface area contributed by atoms with Crippen LogP contribution >= 0.6 is 15.9 Å². The normalized spacial score (nSPS) is 10.9. The van der Waals surface area contributed by atoms with E-state index in [2.05, 4.69) is 32.4 Å². The fourth-order valence-electron chi connectivity index (χ4n) is 1.48. The van der Waals surface area contributed by atoms with Crippen molar-refractivity contribution in [3.05, 3.63) is 22.4 Å². The van der Waals surface area contributed by atoms with Crippen molar-refractivity contribution in [1.29, 1.82) is 0 Å². The molecule has 2 rings (SSSR count). The number of pyridine rings is 1. The van der Waals surface area contributed by atoms with E-state index >= 15 is 0 Å². The van der Waals surface area contributed by atoms with Crippen LogP contribution in [-0.4, -0.2) is 16.7 Å². The zero-order valence-electron chi connectivity index (χ0n) is 8.34. The second-order valence-corrected chi connectivity index (χ2v) is 4.00. The summed E-state index contributed by atoms with van der Waals surface area (Å²) in [6.07, 6.45) is 1.73. The average Bonchev–Trinajstić information content (AvgIpc) is 2.44. The van der Waals surface area contributed by atoms with Gasteiger partial charge >= 0.3 is 0 Å². The van der Waals surface area contributed by atoms with E-state index in [1.54, 1.807) is 13.3 Å². The molecule has 0 saturated carbocycles. The summed E-state index contributed by atoms with van der Waals surface area (Å²) in [5.74, 6) is 0.781. The number of methoxy groups -OCH3 is 1. The Hall–Kier alpha value is -1.03. The molecule has 2 aromatic heterocycles. The van der Waals surface area contributed by atoms with Crippen LogP contribution in [0.5, 0.6) is 5.75 Å². The van der Waals surface area contributed by atoms with Gasteiger partial charge in [0, 0.05) is 22.6 Å². The first-order valence-electron chi connectivity index (χ1n) is 4.29. The fraction of sp³-hybridized carbons (Fsp3) is 0.300. The van der Waals surface area contributed by atoms with Crippen molar-refractivity contribution >= 4 is 27.0 Å². The van der Waals surface area contributed by atoms with E-state index < -0.39 is 0 Å². The molecule has 2 aromatic rings. The topological polar surface area (TPSA) is 27.1 Å². The molecule has 0 aliphatic rings. The first-order valence-corrected chi connectivity index (χ1v) is 5.09. The maximum atomic E-state index is 5.13. The largest absolute Gasteiger partial charge is 0.495 e. The third-order valence-electron chi connectivity index (χ3n) is 2.45. The molecule has 0 bridgehead atoms. The minimum Gasteiger partial charge on any atom is -0.495 e. The van der Waals surface area contributed by atoms with Gasteiger partial charge in [-0.2, -0.15) is 0 Å². The lowest BCUT2D eigenvalue weighted by Gasteiger charge is -1.99. The molecule has 0 atom stereocenters. The van der Waals surface area contributed by atoms with Crippen molar-refractivity contribution in [1.82, 2.24) is 9.55 Å².